The first-order valence-electron chi connectivity index (χ1n) is 7.31. The Bertz CT molecular complexity index is 818. The van der Waals surface area contributed by atoms with Crippen molar-refractivity contribution in [3.05, 3.63) is 45.3 Å². The second-order valence-corrected chi connectivity index (χ2v) is 9.39. The van der Waals surface area contributed by atoms with E-state index in [1.54, 1.807) is 18.2 Å². The fraction of sp³-hybridized carbons (Fsp3) is 0.333. The number of halogens is 2. The molecule has 0 unspecified atom stereocenters. The molecule has 3 rings (SSSR count). The van der Waals surface area contributed by atoms with Crippen molar-refractivity contribution in [1.29, 1.82) is 0 Å². The van der Waals surface area contributed by atoms with E-state index in [1.165, 1.54) is 6.07 Å². The van der Waals surface area contributed by atoms with Crippen LogP contribution in [0.15, 0.2) is 34.5 Å². The molecule has 1 N–H and O–H groups in total. The van der Waals surface area contributed by atoms with E-state index in [2.05, 4.69) is 9.62 Å². The summed E-state index contributed by atoms with van der Waals surface area (Å²) in [4.78, 5) is 2.25. The molecule has 0 aliphatic carbocycles. The van der Waals surface area contributed by atoms with Gasteiger partial charge in [-0.1, -0.05) is 29.3 Å². The van der Waals surface area contributed by atoms with Gasteiger partial charge in [-0.25, -0.2) is 8.42 Å². The summed E-state index contributed by atoms with van der Waals surface area (Å²) in [5.74, 6) is 0. The molecule has 0 spiro atoms. The molecule has 1 aliphatic heterocycles. The monoisotopic (exact) mass is 406 g/mol. The van der Waals surface area contributed by atoms with Gasteiger partial charge in [-0.2, -0.15) is 0 Å². The quantitative estimate of drug-likeness (QED) is 0.822. The molecule has 0 atom stereocenters. The lowest BCUT2D eigenvalue weighted by Crippen LogP contribution is -2.35. The number of nitrogens with zero attached hydrogens (tertiary/aromatic N) is 1. The summed E-state index contributed by atoms with van der Waals surface area (Å²) in [6.07, 6.45) is 0. The number of anilines is 1. The number of sulfonamides is 1. The number of hydrogen-bond acceptors (Lipinski definition) is 5. The summed E-state index contributed by atoms with van der Waals surface area (Å²) >= 11 is 13.1. The van der Waals surface area contributed by atoms with E-state index in [9.17, 15) is 8.42 Å². The number of benzene rings is 1. The summed E-state index contributed by atoms with van der Waals surface area (Å²) in [6, 6.07) is 8.22. The van der Waals surface area contributed by atoms with Crippen LogP contribution in [0.5, 0.6) is 0 Å². The van der Waals surface area contributed by atoms with Gasteiger partial charge < -0.3 is 4.74 Å². The highest BCUT2D eigenvalue weighted by molar-refractivity contribution is 7.94. The Balaban J connectivity index is 1.72. The van der Waals surface area contributed by atoms with Gasteiger partial charge in [-0.3, -0.25) is 9.62 Å². The zero-order chi connectivity index (χ0) is 17.2. The number of thiophene rings is 1. The minimum Gasteiger partial charge on any atom is -0.379 e. The van der Waals surface area contributed by atoms with Gasteiger partial charge in [-0.15, -0.1) is 11.3 Å². The zero-order valence-corrected chi connectivity index (χ0v) is 15.8. The average Bonchev–Trinajstić information content (AvgIpc) is 2.98. The molecule has 0 radical (unpaired) electrons. The van der Waals surface area contributed by atoms with Crippen molar-refractivity contribution in [2.75, 3.05) is 31.0 Å². The lowest BCUT2D eigenvalue weighted by Gasteiger charge is -2.27. The lowest BCUT2D eigenvalue weighted by molar-refractivity contribution is 0.0342. The third-order valence-electron chi connectivity index (χ3n) is 3.62. The Labute approximate surface area is 155 Å². The van der Waals surface area contributed by atoms with Crippen molar-refractivity contribution in [3.8, 4) is 0 Å². The second-order valence-electron chi connectivity index (χ2n) is 5.36. The molecule has 1 fully saturated rings. The van der Waals surface area contributed by atoms with E-state index in [0.717, 1.165) is 49.7 Å². The van der Waals surface area contributed by atoms with Crippen molar-refractivity contribution < 1.29 is 13.2 Å². The second kappa shape index (κ2) is 7.59. The molecule has 1 aromatic heterocycles. The van der Waals surface area contributed by atoms with Gasteiger partial charge in [0.25, 0.3) is 10.0 Å². The fourth-order valence-corrected chi connectivity index (χ4v) is 5.16. The van der Waals surface area contributed by atoms with E-state index in [0.29, 0.717) is 15.0 Å². The molecule has 0 saturated carbocycles. The molecular weight excluding hydrogens is 391 g/mol. The van der Waals surface area contributed by atoms with E-state index in [-0.39, 0.29) is 4.21 Å². The first kappa shape index (κ1) is 18.0. The largest absolute Gasteiger partial charge is 0.379 e. The summed E-state index contributed by atoms with van der Waals surface area (Å²) < 4.78 is 33.1. The summed E-state index contributed by atoms with van der Waals surface area (Å²) in [5, 5.41) is 0.533. The van der Waals surface area contributed by atoms with E-state index < -0.39 is 10.0 Å². The van der Waals surface area contributed by atoms with Gasteiger partial charge in [0, 0.05) is 24.7 Å². The topological polar surface area (TPSA) is 58.6 Å². The Hall–Kier alpha value is -0.830. The number of ether oxygens (including phenoxy) is 1. The van der Waals surface area contributed by atoms with Gasteiger partial charge in [0.2, 0.25) is 0 Å². The third kappa shape index (κ3) is 4.41. The lowest BCUT2D eigenvalue weighted by atomic mass is 10.2. The number of nitrogens with one attached hydrogen (secondary N) is 1. The Kier molecular flexibility index (Phi) is 5.69. The molecule has 1 aromatic carbocycles. The summed E-state index contributed by atoms with van der Waals surface area (Å²) in [5.41, 5.74) is 1.39. The summed E-state index contributed by atoms with van der Waals surface area (Å²) in [7, 11) is -3.65. The number of hydrogen-bond donors (Lipinski definition) is 1. The molecule has 5 nitrogen and oxygen atoms in total. The molecule has 24 heavy (non-hydrogen) atoms. The van der Waals surface area contributed by atoms with Crippen molar-refractivity contribution in [2.45, 2.75) is 10.8 Å². The van der Waals surface area contributed by atoms with Gasteiger partial charge in [-0.05, 0) is 29.8 Å². The molecule has 1 saturated heterocycles. The van der Waals surface area contributed by atoms with Crippen LogP contribution < -0.4 is 4.72 Å². The predicted octanol–water partition coefficient (Wildman–Crippen LogP) is 3.69. The zero-order valence-electron chi connectivity index (χ0n) is 12.7. The van der Waals surface area contributed by atoms with Crippen LogP contribution in [0.1, 0.15) is 5.56 Å². The molecular formula is C15H16Cl2N2O3S2. The first-order valence-corrected chi connectivity index (χ1v) is 10.4. The molecule has 1 aliphatic rings. The average molecular weight is 407 g/mol. The fourth-order valence-electron chi connectivity index (χ4n) is 2.39. The van der Waals surface area contributed by atoms with Crippen molar-refractivity contribution in [3.63, 3.8) is 0 Å². The highest BCUT2D eigenvalue weighted by atomic mass is 35.5. The predicted molar refractivity (Wildman–Crippen MR) is 97.7 cm³/mol. The molecule has 9 heteroatoms. The Morgan fingerprint density at radius 1 is 1.17 bits per heavy atom. The Morgan fingerprint density at radius 3 is 2.54 bits per heavy atom. The van der Waals surface area contributed by atoms with Gasteiger partial charge in [0.15, 0.2) is 0 Å². The van der Waals surface area contributed by atoms with E-state index >= 15 is 0 Å². The minimum absolute atomic E-state index is 0.168. The number of rotatable bonds is 5. The SMILES string of the molecule is O=S(=O)(Nc1ccc(CN2CCOCC2)c(Cl)c1)c1ccc(Cl)s1. The van der Waals surface area contributed by atoms with Crippen LogP contribution in [0.4, 0.5) is 5.69 Å². The summed E-state index contributed by atoms with van der Waals surface area (Å²) in [6.45, 7) is 3.89. The smallest absolute Gasteiger partial charge is 0.271 e. The van der Waals surface area contributed by atoms with Crippen LogP contribution in [0.25, 0.3) is 0 Å². The normalized spacial score (nSPS) is 16.2. The minimum atomic E-state index is -3.65. The van der Waals surface area contributed by atoms with Crippen LogP contribution in [0.3, 0.4) is 0 Å². The van der Waals surface area contributed by atoms with Crippen molar-refractivity contribution >= 4 is 50.2 Å². The van der Waals surface area contributed by atoms with E-state index in [4.69, 9.17) is 27.9 Å². The van der Waals surface area contributed by atoms with Crippen LogP contribution >= 0.6 is 34.5 Å². The first-order chi connectivity index (χ1) is 11.4. The molecule has 2 heterocycles. The number of morpholine rings is 1. The molecule has 130 valence electrons. The standard InChI is InChI=1S/C15H16Cl2N2O3S2/c16-13-9-12(18-24(20,21)15-4-3-14(17)23-15)2-1-11(13)10-19-5-7-22-8-6-19/h1-4,9,18H,5-8,10H2. The van der Waals surface area contributed by atoms with Crippen LogP contribution in [-0.2, 0) is 21.3 Å². The maximum absolute atomic E-state index is 12.3. The van der Waals surface area contributed by atoms with Gasteiger partial charge >= 0.3 is 0 Å². The molecule has 2 aromatic rings. The van der Waals surface area contributed by atoms with E-state index in [1.807, 2.05) is 6.07 Å². The highest BCUT2D eigenvalue weighted by Crippen LogP contribution is 2.29. The van der Waals surface area contributed by atoms with Gasteiger partial charge in [0.05, 0.1) is 23.2 Å². The van der Waals surface area contributed by atoms with Crippen molar-refractivity contribution in [2.24, 2.45) is 0 Å². The maximum Gasteiger partial charge on any atom is 0.271 e. The Morgan fingerprint density at radius 2 is 1.92 bits per heavy atom. The molecule has 0 bridgehead atoms. The highest BCUT2D eigenvalue weighted by Gasteiger charge is 2.18. The van der Waals surface area contributed by atoms with Crippen molar-refractivity contribution in [1.82, 2.24) is 4.90 Å². The third-order valence-corrected chi connectivity index (χ3v) is 7.07. The van der Waals surface area contributed by atoms with Crippen LogP contribution in [0, 0.1) is 0 Å². The van der Waals surface area contributed by atoms with Crippen LogP contribution in [-0.4, -0.2) is 39.6 Å². The maximum atomic E-state index is 12.3. The molecule has 0 amide bonds. The van der Waals surface area contributed by atoms with Gasteiger partial charge in [0.1, 0.15) is 4.21 Å². The van der Waals surface area contributed by atoms with Crippen LogP contribution in [0.2, 0.25) is 9.36 Å².